The molecule has 0 aliphatic carbocycles. The predicted octanol–water partition coefficient (Wildman–Crippen LogP) is 3.19. The third-order valence-electron chi connectivity index (χ3n) is 3.27. The van der Waals surface area contributed by atoms with Gasteiger partial charge in [0.25, 0.3) is 0 Å². The molecule has 3 N–H and O–H groups in total. The summed E-state index contributed by atoms with van der Waals surface area (Å²) in [5, 5.41) is 5.45. The van der Waals surface area contributed by atoms with Crippen LogP contribution in [0, 0.1) is 0 Å². The SMILES string of the molecule is CCc1nn(C)c(CC(NN)c2ncc(Cl)cc2Cl)c1Br. The fourth-order valence-corrected chi connectivity index (χ4v) is 3.44. The van der Waals surface area contributed by atoms with E-state index in [1.165, 1.54) is 0 Å². The molecule has 0 bridgehead atoms. The topological polar surface area (TPSA) is 68.8 Å². The zero-order chi connectivity index (χ0) is 15.6. The second-order valence-electron chi connectivity index (χ2n) is 4.63. The average molecular weight is 393 g/mol. The van der Waals surface area contributed by atoms with Crippen LogP contribution in [0.1, 0.15) is 30.0 Å². The number of aryl methyl sites for hydroxylation is 2. The van der Waals surface area contributed by atoms with Gasteiger partial charge in [-0.05, 0) is 28.4 Å². The van der Waals surface area contributed by atoms with Crippen molar-refractivity contribution in [3.63, 3.8) is 0 Å². The molecule has 0 aromatic carbocycles. The van der Waals surface area contributed by atoms with Gasteiger partial charge in [0.05, 0.1) is 37.6 Å². The van der Waals surface area contributed by atoms with Crippen molar-refractivity contribution in [3.8, 4) is 0 Å². The van der Waals surface area contributed by atoms with Crippen molar-refractivity contribution in [1.82, 2.24) is 20.2 Å². The molecule has 0 saturated heterocycles. The second kappa shape index (κ2) is 7.07. The summed E-state index contributed by atoms with van der Waals surface area (Å²) in [5.74, 6) is 5.67. The Bertz CT molecular complexity index is 644. The Kier molecular flexibility index (Phi) is 5.62. The van der Waals surface area contributed by atoms with Gasteiger partial charge in [-0.2, -0.15) is 5.10 Å². The van der Waals surface area contributed by atoms with Crippen molar-refractivity contribution in [3.05, 3.63) is 43.9 Å². The van der Waals surface area contributed by atoms with E-state index in [9.17, 15) is 0 Å². The molecule has 114 valence electrons. The minimum absolute atomic E-state index is 0.230. The molecule has 0 amide bonds. The highest BCUT2D eigenvalue weighted by Gasteiger charge is 2.21. The number of nitrogens with one attached hydrogen (secondary N) is 1. The first-order valence-corrected chi connectivity index (χ1v) is 8.00. The molecule has 5 nitrogen and oxygen atoms in total. The lowest BCUT2D eigenvalue weighted by Crippen LogP contribution is -2.31. The van der Waals surface area contributed by atoms with Gasteiger partial charge in [-0.15, -0.1) is 0 Å². The Morgan fingerprint density at radius 3 is 2.71 bits per heavy atom. The number of hydrogen-bond acceptors (Lipinski definition) is 4. The number of aromatic nitrogens is 3. The van der Waals surface area contributed by atoms with E-state index in [0.717, 1.165) is 22.3 Å². The predicted molar refractivity (Wildman–Crippen MR) is 88.3 cm³/mol. The van der Waals surface area contributed by atoms with Gasteiger partial charge in [0, 0.05) is 19.7 Å². The van der Waals surface area contributed by atoms with Crippen molar-refractivity contribution >= 4 is 39.1 Å². The molecule has 2 aromatic rings. The number of nitrogens with zero attached hydrogens (tertiary/aromatic N) is 3. The van der Waals surface area contributed by atoms with Gasteiger partial charge in [0.15, 0.2) is 0 Å². The van der Waals surface area contributed by atoms with Crippen molar-refractivity contribution in [2.75, 3.05) is 0 Å². The summed E-state index contributed by atoms with van der Waals surface area (Å²) in [6.07, 6.45) is 3.02. The molecule has 0 aliphatic heterocycles. The standard InChI is InChI=1S/C13H16BrCl2N5/c1-3-9-12(14)11(21(2)20-9)5-10(19-17)13-8(16)4-7(15)6-18-13/h4,6,10,19H,3,5,17H2,1-2H3. The zero-order valence-electron chi connectivity index (χ0n) is 11.7. The first kappa shape index (κ1) is 16.7. The lowest BCUT2D eigenvalue weighted by molar-refractivity contribution is 0.517. The van der Waals surface area contributed by atoms with E-state index < -0.39 is 0 Å². The van der Waals surface area contributed by atoms with Crippen LogP contribution in [0.4, 0.5) is 0 Å². The lowest BCUT2D eigenvalue weighted by atomic mass is 10.1. The molecule has 2 heterocycles. The number of rotatable bonds is 5. The zero-order valence-corrected chi connectivity index (χ0v) is 14.8. The largest absolute Gasteiger partial charge is 0.271 e. The van der Waals surface area contributed by atoms with Gasteiger partial charge in [-0.1, -0.05) is 30.1 Å². The third-order valence-corrected chi connectivity index (χ3v) is 4.69. The summed E-state index contributed by atoms with van der Waals surface area (Å²) in [6, 6.07) is 1.43. The number of hydrazine groups is 1. The first-order chi connectivity index (χ1) is 9.97. The minimum atomic E-state index is -0.230. The van der Waals surface area contributed by atoms with Crippen LogP contribution in [0.25, 0.3) is 0 Å². The van der Waals surface area contributed by atoms with Crippen LogP contribution in [-0.4, -0.2) is 14.8 Å². The van der Waals surface area contributed by atoms with Crippen molar-refractivity contribution < 1.29 is 0 Å². The Hall–Kier alpha value is -0.660. The molecule has 1 unspecified atom stereocenters. The Morgan fingerprint density at radius 1 is 1.48 bits per heavy atom. The first-order valence-electron chi connectivity index (χ1n) is 6.45. The number of pyridine rings is 1. The summed E-state index contributed by atoms with van der Waals surface area (Å²) in [4.78, 5) is 4.28. The Balaban J connectivity index is 2.33. The van der Waals surface area contributed by atoms with E-state index in [2.05, 4.69) is 38.4 Å². The molecule has 1 atom stereocenters. The summed E-state index contributed by atoms with van der Waals surface area (Å²) >= 11 is 15.7. The van der Waals surface area contributed by atoms with E-state index in [1.54, 1.807) is 12.3 Å². The van der Waals surface area contributed by atoms with E-state index in [-0.39, 0.29) is 6.04 Å². The molecule has 0 saturated carbocycles. The van der Waals surface area contributed by atoms with Crippen LogP contribution in [0.3, 0.4) is 0 Å². The van der Waals surface area contributed by atoms with Crippen molar-refractivity contribution in [1.29, 1.82) is 0 Å². The maximum atomic E-state index is 6.20. The summed E-state index contributed by atoms with van der Waals surface area (Å²) < 4.78 is 2.84. The highest BCUT2D eigenvalue weighted by atomic mass is 79.9. The van der Waals surface area contributed by atoms with Crippen LogP contribution in [-0.2, 0) is 19.9 Å². The van der Waals surface area contributed by atoms with Crippen LogP contribution >= 0.6 is 39.1 Å². The molecular formula is C13H16BrCl2N5. The summed E-state index contributed by atoms with van der Waals surface area (Å²) in [7, 11) is 1.91. The molecule has 2 aromatic heterocycles. The Morgan fingerprint density at radius 2 is 2.19 bits per heavy atom. The number of halogens is 3. The van der Waals surface area contributed by atoms with E-state index in [4.69, 9.17) is 29.0 Å². The van der Waals surface area contributed by atoms with Crippen LogP contribution < -0.4 is 11.3 Å². The van der Waals surface area contributed by atoms with Crippen LogP contribution in [0.15, 0.2) is 16.7 Å². The molecule has 2 rings (SSSR count). The summed E-state index contributed by atoms with van der Waals surface area (Å²) in [5.41, 5.74) is 5.46. The van der Waals surface area contributed by atoms with E-state index >= 15 is 0 Å². The maximum Gasteiger partial charge on any atom is 0.0777 e. The average Bonchev–Trinajstić information content (AvgIpc) is 2.72. The van der Waals surface area contributed by atoms with E-state index in [0.29, 0.717) is 22.2 Å². The van der Waals surface area contributed by atoms with Gasteiger partial charge < -0.3 is 0 Å². The monoisotopic (exact) mass is 391 g/mol. The number of hydrogen-bond donors (Lipinski definition) is 2. The minimum Gasteiger partial charge on any atom is -0.271 e. The molecule has 0 aliphatic rings. The normalized spacial score (nSPS) is 12.7. The second-order valence-corrected chi connectivity index (χ2v) is 6.27. The third kappa shape index (κ3) is 3.57. The fraction of sp³-hybridized carbons (Fsp3) is 0.385. The van der Waals surface area contributed by atoms with Gasteiger partial charge in [0.2, 0.25) is 0 Å². The quantitative estimate of drug-likeness (QED) is 0.605. The molecule has 0 spiro atoms. The summed E-state index contributed by atoms with van der Waals surface area (Å²) in [6.45, 7) is 2.06. The fourth-order valence-electron chi connectivity index (χ4n) is 2.15. The van der Waals surface area contributed by atoms with Gasteiger partial charge >= 0.3 is 0 Å². The molecule has 21 heavy (non-hydrogen) atoms. The smallest absolute Gasteiger partial charge is 0.0777 e. The van der Waals surface area contributed by atoms with Gasteiger partial charge in [0.1, 0.15) is 0 Å². The highest BCUT2D eigenvalue weighted by molar-refractivity contribution is 9.10. The van der Waals surface area contributed by atoms with Crippen molar-refractivity contribution in [2.45, 2.75) is 25.8 Å². The molecule has 0 radical (unpaired) electrons. The lowest BCUT2D eigenvalue weighted by Gasteiger charge is -2.17. The molecule has 8 heteroatoms. The maximum absolute atomic E-state index is 6.20. The van der Waals surface area contributed by atoms with Gasteiger partial charge in [-0.25, -0.2) is 0 Å². The van der Waals surface area contributed by atoms with Crippen LogP contribution in [0.5, 0.6) is 0 Å². The highest BCUT2D eigenvalue weighted by Crippen LogP contribution is 2.29. The van der Waals surface area contributed by atoms with Gasteiger partial charge in [-0.3, -0.25) is 20.9 Å². The van der Waals surface area contributed by atoms with Crippen molar-refractivity contribution in [2.24, 2.45) is 12.9 Å². The molecular weight excluding hydrogens is 377 g/mol. The number of nitrogens with two attached hydrogens (primary N) is 1. The van der Waals surface area contributed by atoms with E-state index in [1.807, 2.05) is 11.7 Å². The Labute approximate surface area is 141 Å². The van der Waals surface area contributed by atoms with Crippen LogP contribution in [0.2, 0.25) is 10.0 Å². The molecule has 0 fully saturated rings.